The van der Waals surface area contributed by atoms with E-state index in [1.54, 1.807) is 7.11 Å². The molecule has 1 saturated carbocycles. The van der Waals surface area contributed by atoms with Crippen LogP contribution in [0.25, 0.3) is 0 Å². The van der Waals surface area contributed by atoms with Gasteiger partial charge in [-0.05, 0) is 38.0 Å². The van der Waals surface area contributed by atoms with Crippen LogP contribution in [-0.4, -0.2) is 19.6 Å². The topological polar surface area (TPSA) is 9.23 Å². The molecule has 0 aromatic heterocycles. The molecule has 0 amide bonds. The Labute approximate surface area is 111 Å². The van der Waals surface area contributed by atoms with Gasteiger partial charge in [-0.1, -0.05) is 33.1 Å². The number of ether oxygens (including phenoxy) is 1. The van der Waals surface area contributed by atoms with Gasteiger partial charge in [-0.25, -0.2) is 8.78 Å². The van der Waals surface area contributed by atoms with Gasteiger partial charge in [0, 0.05) is 13.5 Å². The molecule has 0 radical (unpaired) electrons. The van der Waals surface area contributed by atoms with Crippen LogP contribution in [0.1, 0.15) is 72.1 Å². The van der Waals surface area contributed by atoms with Gasteiger partial charge in [0.15, 0.2) is 0 Å². The smallest absolute Gasteiger partial charge is 0.245 e. The van der Waals surface area contributed by atoms with E-state index in [2.05, 4.69) is 0 Å². The number of hydrogen-bond acceptors (Lipinski definition) is 1. The molecule has 0 aromatic rings. The van der Waals surface area contributed by atoms with Gasteiger partial charge in [-0.15, -0.1) is 0 Å². The fraction of sp³-hybridized carbons (Fsp3) is 1.00. The molecule has 0 atom stereocenters. The standard InChI is InChI=1S/C13H24F2O.C2H6/c1-12(14,15)7-3-4-8-13(11-16-2)9-5-6-10-13;1-2/h3-11H2,1-2H3;1-2H3. The van der Waals surface area contributed by atoms with Crippen LogP contribution in [0.2, 0.25) is 0 Å². The van der Waals surface area contributed by atoms with Crippen LogP contribution in [0.5, 0.6) is 0 Å². The molecule has 1 fully saturated rings. The maximum Gasteiger partial charge on any atom is 0.245 e. The Morgan fingerprint density at radius 2 is 1.67 bits per heavy atom. The van der Waals surface area contributed by atoms with Gasteiger partial charge in [-0.2, -0.15) is 0 Å². The second kappa shape index (κ2) is 8.84. The summed E-state index contributed by atoms with van der Waals surface area (Å²) in [6, 6.07) is 0. The predicted molar refractivity (Wildman–Crippen MR) is 73.2 cm³/mol. The highest BCUT2D eigenvalue weighted by atomic mass is 19.3. The summed E-state index contributed by atoms with van der Waals surface area (Å²) < 4.78 is 30.6. The van der Waals surface area contributed by atoms with E-state index < -0.39 is 5.92 Å². The van der Waals surface area contributed by atoms with Crippen LogP contribution >= 0.6 is 0 Å². The second-order valence-electron chi connectivity index (χ2n) is 5.42. The number of unbranched alkanes of at least 4 members (excludes halogenated alkanes) is 1. The van der Waals surface area contributed by atoms with Crippen molar-refractivity contribution < 1.29 is 13.5 Å². The molecule has 0 aromatic carbocycles. The predicted octanol–water partition coefficient (Wildman–Crippen LogP) is 5.44. The van der Waals surface area contributed by atoms with Crippen LogP contribution in [0, 0.1) is 5.41 Å². The van der Waals surface area contributed by atoms with Crippen molar-refractivity contribution in [2.24, 2.45) is 5.41 Å². The van der Waals surface area contributed by atoms with Crippen LogP contribution in [-0.2, 0) is 4.74 Å². The fourth-order valence-corrected chi connectivity index (χ4v) is 2.83. The summed E-state index contributed by atoms with van der Waals surface area (Å²) in [6.45, 7) is 5.81. The zero-order valence-corrected chi connectivity index (χ0v) is 12.5. The zero-order chi connectivity index (χ0) is 14.1. The Bertz CT molecular complexity index is 193. The molecule has 1 rings (SSSR count). The van der Waals surface area contributed by atoms with Crippen molar-refractivity contribution in [3.63, 3.8) is 0 Å². The molecular formula is C15H30F2O. The van der Waals surface area contributed by atoms with Crippen LogP contribution in [0.3, 0.4) is 0 Å². The summed E-state index contributed by atoms with van der Waals surface area (Å²) >= 11 is 0. The first-order valence-corrected chi connectivity index (χ1v) is 7.34. The third-order valence-electron chi connectivity index (χ3n) is 3.69. The highest BCUT2D eigenvalue weighted by molar-refractivity contribution is 4.84. The highest BCUT2D eigenvalue weighted by Gasteiger charge is 2.33. The van der Waals surface area contributed by atoms with E-state index in [0.717, 1.165) is 26.4 Å². The Morgan fingerprint density at radius 1 is 1.11 bits per heavy atom. The lowest BCUT2D eigenvalue weighted by Gasteiger charge is -2.28. The zero-order valence-electron chi connectivity index (χ0n) is 12.5. The molecule has 3 heteroatoms. The maximum atomic E-state index is 12.6. The van der Waals surface area contributed by atoms with Crippen molar-refractivity contribution in [2.75, 3.05) is 13.7 Å². The van der Waals surface area contributed by atoms with Gasteiger partial charge in [0.2, 0.25) is 5.92 Å². The Morgan fingerprint density at radius 3 is 2.11 bits per heavy atom. The Balaban J connectivity index is 0.00000137. The lowest BCUT2D eigenvalue weighted by atomic mass is 9.81. The molecule has 0 spiro atoms. The molecule has 110 valence electrons. The van der Waals surface area contributed by atoms with E-state index in [0.29, 0.717) is 11.8 Å². The van der Waals surface area contributed by atoms with E-state index in [1.165, 1.54) is 25.7 Å². The number of alkyl halides is 2. The minimum atomic E-state index is -2.50. The second-order valence-corrected chi connectivity index (χ2v) is 5.42. The Hall–Kier alpha value is -0.180. The molecule has 0 heterocycles. The average molecular weight is 264 g/mol. The minimum absolute atomic E-state index is 0.0239. The van der Waals surface area contributed by atoms with E-state index in [1.807, 2.05) is 13.8 Å². The van der Waals surface area contributed by atoms with Crippen LogP contribution < -0.4 is 0 Å². The van der Waals surface area contributed by atoms with Crippen LogP contribution in [0.15, 0.2) is 0 Å². The van der Waals surface area contributed by atoms with Gasteiger partial charge in [-0.3, -0.25) is 0 Å². The number of methoxy groups -OCH3 is 1. The monoisotopic (exact) mass is 264 g/mol. The summed E-state index contributed by atoms with van der Waals surface area (Å²) in [5.41, 5.74) is 0.303. The third kappa shape index (κ3) is 7.30. The number of halogens is 2. The summed E-state index contributed by atoms with van der Waals surface area (Å²) in [6.07, 6.45) is 7.59. The molecule has 0 aliphatic heterocycles. The molecule has 0 saturated heterocycles. The van der Waals surface area contributed by atoms with E-state index in [9.17, 15) is 8.78 Å². The van der Waals surface area contributed by atoms with Gasteiger partial charge in [0.25, 0.3) is 0 Å². The first-order valence-electron chi connectivity index (χ1n) is 7.34. The third-order valence-corrected chi connectivity index (χ3v) is 3.69. The quantitative estimate of drug-likeness (QED) is 0.557. The molecular weight excluding hydrogens is 234 g/mol. The van der Waals surface area contributed by atoms with Crippen molar-refractivity contribution in [2.45, 2.75) is 78.1 Å². The SMILES string of the molecule is CC.COCC1(CCCCC(C)(F)F)CCCC1. The first kappa shape index (κ1) is 17.8. The lowest BCUT2D eigenvalue weighted by molar-refractivity contribution is 0.00823. The lowest BCUT2D eigenvalue weighted by Crippen LogP contribution is -2.23. The van der Waals surface area contributed by atoms with Crippen molar-refractivity contribution >= 4 is 0 Å². The number of rotatable bonds is 7. The molecule has 0 bridgehead atoms. The maximum absolute atomic E-state index is 12.6. The molecule has 1 aliphatic carbocycles. The normalized spacial score (nSPS) is 18.3. The van der Waals surface area contributed by atoms with Crippen molar-refractivity contribution in [1.29, 1.82) is 0 Å². The van der Waals surface area contributed by atoms with Gasteiger partial charge >= 0.3 is 0 Å². The molecule has 1 nitrogen and oxygen atoms in total. The minimum Gasteiger partial charge on any atom is -0.384 e. The average Bonchev–Trinajstić information content (AvgIpc) is 2.76. The highest BCUT2D eigenvalue weighted by Crippen LogP contribution is 2.42. The first-order chi connectivity index (χ1) is 8.47. The van der Waals surface area contributed by atoms with E-state index in [4.69, 9.17) is 4.74 Å². The van der Waals surface area contributed by atoms with Gasteiger partial charge < -0.3 is 4.74 Å². The van der Waals surface area contributed by atoms with Crippen molar-refractivity contribution in [3.05, 3.63) is 0 Å². The Kier molecular flexibility index (Phi) is 8.75. The van der Waals surface area contributed by atoms with E-state index >= 15 is 0 Å². The fourth-order valence-electron chi connectivity index (χ4n) is 2.83. The summed E-state index contributed by atoms with van der Waals surface area (Å²) in [7, 11) is 1.74. The van der Waals surface area contributed by atoms with Crippen molar-refractivity contribution in [1.82, 2.24) is 0 Å². The molecule has 0 N–H and O–H groups in total. The molecule has 0 unspecified atom stereocenters. The molecule has 18 heavy (non-hydrogen) atoms. The molecule has 1 aliphatic rings. The largest absolute Gasteiger partial charge is 0.384 e. The van der Waals surface area contributed by atoms with Crippen molar-refractivity contribution in [3.8, 4) is 0 Å². The summed E-state index contributed by atoms with van der Waals surface area (Å²) in [5.74, 6) is -2.50. The van der Waals surface area contributed by atoms with Gasteiger partial charge in [0.1, 0.15) is 0 Å². The van der Waals surface area contributed by atoms with Crippen LogP contribution in [0.4, 0.5) is 8.78 Å². The number of hydrogen-bond donors (Lipinski definition) is 0. The van der Waals surface area contributed by atoms with Gasteiger partial charge in [0.05, 0.1) is 6.61 Å². The summed E-state index contributed by atoms with van der Waals surface area (Å²) in [4.78, 5) is 0. The van der Waals surface area contributed by atoms with E-state index in [-0.39, 0.29) is 6.42 Å². The summed E-state index contributed by atoms with van der Waals surface area (Å²) in [5, 5.41) is 0.